The minimum absolute atomic E-state index is 0.368. The maximum atomic E-state index is 5.78. The number of thiazole rings is 1. The van der Waals surface area contributed by atoms with E-state index in [1.165, 1.54) is 11.3 Å². The number of rotatable bonds is 6. The van der Waals surface area contributed by atoms with E-state index < -0.39 is 0 Å². The maximum absolute atomic E-state index is 5.78. The minimum Gasteiger partial charge on any atom is -0.325 e. The molecule has 0 spiro atoms. The number of hydrogen-bond acceptors (Lipinski definition) is 9. The number of aryl methyl sites for hydroxylation is 1. The third kappa shape index (κ3) is 4.38. The zero-order valence-electron chi connectivity index (χ0n) is 14.8. The van der Waals surface area contributed by atoms with Crippen LogP contribution in [0.5, 0.6) is 0 Å². The fraction of sp³-hybridized carbons (Fsp3) is 0.111. The minimum atomic E-state index is 0.368. The Morgan fingerprint density at radius 3 is 2.54 bits per heavy atom. The summed E-state index contributed by atoms with van der Waals surface area (Å²) in [6, 6.07) is 9.26. The molecule has 28 heavy (non-hydrogen) atoms. The van der Waals surface area contributed by atoms with Crippen LogP contribution in [-0.2, 0) is 5.88 Å². The number of halogens is 1. The van der Waals surface area contributed by atoms with E-state index in [2.05, 4.69) is 40.5 Å². The number of anilines is 4. The fourth-order valence-electron chi connectivity index (χ4n) is 2.36. The molecule has 0 saturated heterocycles. The van der Waals surface area contributed by atoms with Gasteiger partial charge in [-0.05, 0) is 31.2 Å². The van der Waals surface area contributed by atoms with Gasteiger partial charge in [0.15, 0.2) is 11.0 Å². The Labute approximate surface area is 170 Å². The highest BCUT2D eigenvalue weighted by molar-refractivity contribution is 7.13. The van der Waals surface area contributed by atoms with E-state index in [1.807, 2.05) is 30.5 Å². The van der Waals surface area contributed by atoms with Crippen molar-refractivity contribution in [2.75, 3.05) is 10.6 Å². The lowest BCUT2D eigenvalue weighted by atomic mass is 10.3. The molecule has 8 nitrogen and oxygen atoms in total. The molecule has 0 unspecified atom stereocenters. The second-order valence-electron chi connectivity index (χ2n) is 5.72. The normalized spacial score (nSPS) is 10.6. The Morgan fingerprint density at radius 2 is 1.75 bits per heavy atom. The summed E-state index contributed by atoms with van der Waals surface area (Å²) in [5.74, 6) is 2.53. The SMILES string of the molecule is Cc1cccc(-c2nccc(Nc3ccnc(Nc4nc(CCl)cs4)n3)n2)n1. The topological polar surface area (TPSA) is 101 Å². The van der Waals surface area contributed by atoms with E-state index in [-0.39, 0.29) is 0 Å². The lowest BCUT2D eigenvalue weighted by Crippen LogP contribution is -2.02. The molecule has 4 aromatic heterocycles. The van der Waals surface area contributed by atoms with Crippen LogP contribution < -0.4 is 10.6 Å². The molecule has 0 bridgehead atoms. The van der Waals surface area contributed by atoms with Gasteiger partial charge >= 0.3 is 0 Å². The quantitative estimate of drug-likeness (QED) is 0.453. The highest BCUT2D eigenvalue weighted by Gasteiger charge is 2.07. The van der Waals surface area contributed by atoms with Crippen molar-refractivity contribution >= 4 is 45.7 Å². The van der Waals surface area contributed by atoms with Gasteiger partial charge in [-0.1, -0.05) is 6.07 Å². The van der Waals surface area contributed by atoms with Crippen LogP contribution in [-0.4, -0.2) is 29.9 Å². The van der Waals surface area contributed by atoms with Gasteiger partial charge in [-0.3, -0.25) is 5.32 Å². The van der Waals surface area contributed by atoms with Crippen LogP contribution in [0, 0.1) is 6.92 Å². The van der Waals surface area contributed by atoms with Crippen LogP contribution in [0.25, 0.3) is 11.5 Å². The number of nitrogens with zero attached hydrogens (tertiary/aromatic N) is 6. The van der Waals surface area contributed by atoms with E-state index in [0.717, 1.165) is 11.4 Å². The molecule has 0 amide bonds. The van der Waals surface area contributed by atoms with Gasteiger partial charge in [0.25, 0.3) is 0 Å². The summed E-state index contributed by atoms with van der Waals surface area (Å²) in [4.78, 5) is 26.3. The van der Waals surface area contributed by atoms with E-state index >= 15 is 0 Å². The molecule has 4 heterocycles. The second-order valence-corrected chi connectivity index (χ2v) is 6.85. The van der Waals surface area contributed by atoms with Gasteiger partial charge in [-0.2, -0.15) is 4.98 Å². The van der Waals surface area contributed by atoms with Crippen LogP contribution in [0.4, 0.5) is 22.7 Å². The van der Waals surface area contributed by atoms with Crippen molar-refractivity contribution in [2.24, 2.45) is 0 Å². The average molecular weight is 411 g/mol. The van der Waals surface area contributed by atoms with Gasteiger partial charge in [0.1, 0.15) is 17.3 Å². The molecular formula is C18H15ClN8S. The largest absolute Gasteiger partial charge is 0.325 e. The highest BCUT2D eigenvalue weighted by Crippen LogP contribution is 2.21. The molecule has 0 radical (unpaired) electrons. The van der Waals surface area contributed by atoms with Crippen molar-refractivity contribution in [1.29, 1.82) is 0 Å². The standard InChI is InChI=1S/C18H15ClN8S/c1-11-3-2-4-13(22-11)16-20-7-5-14(25-16)24-15-6-8-21-17(26-15)27-18-23-12(9-19)10-28-18/h2-8,10H,9H2,1H3,(H2,20,21,23,24,25,26,27). The van der Waals surface area contributed by atoms with Crippen LogP contribution >= 0.6 is 22.9 Å². The van der Waals surface area contributed by atoms with Crippen molar-refractivity contribution in [3.05, 3.63) is 59.5 Å². The number of pyridine rings is 1. The van der Waals surface area contributed by atoms with E-state index in [1.54, 1.807) is 24.5 Å². The first kappa shape index (κ1) is 18.2. The Morgan fingerprint density at radius 1 is 0.929 bits per heavy atom. The second kappa shape index (κ2) is 8.24. The summed E-state index contributed by atoms with van der Waals surface area (Å²) in [7, 11) is 0. The molecular weight excluding hydrogens is 396 g/mol. The fourth-order valence-corrected chi connectivity index (χ4v) is 3.29. The van der Waals surface area contributed by atoms with Gasteiger partial charge in [-0.15, -0.1) is 22.9 Å². The summed E-state index contributed by atoms with van der Waals surface area (Å²) < 4.78 is 0. The molecule has 2 N–H and O–H groups in total. The first-order valence-electron chi connectivity index (χ1n) is 8.34. The van der Waals surface area contributed by atoms with Crippen LogP contribution in [0.2, 0.25) is 0 Å². The van der Waals surface area contributed by atoms with E-state index in [4.69, 9.17) is 11.6 Å². The maximum Gasteiger partial charge on any atom is 0.230 e. The molecule has 0 atom stereocenters. The molecule has 4 rings (SSSR count). The predicted molar refractivity (Wildman–Crippen MR) is 110 cm³/mol. The van der Waals surface area contributed by atoms with Crippen molar-refractivity contribution in [3.8, 4) is 11.5 Å². The number of alkyl halides is 1. The van der Waals surface area contributed by atoms with Gasteiger partial charge in [0.2, 0.25) is 5.95 Å². The third-order valence-corrected chi connectivity index (χ3v) is 4.67. The highest BCUT2D eigenvalue weighted by atomic mass is 35.5. The van der Waals surface area contributed by atoms with Crippen LogP contribution in [0.15, 0.2) is 48.1 Å². The lowest BCUT2D eigenvalue weighted by Gasteiger charge is -2.08. The van der Waals surface area contributed by atoms with E-state index in [0.29, 0.717) is 40.1 Å². The molecule has 140 valence electrons. The zero-order valence-corrected chi connectivity index (χ0v) is 16.4. The predicted octanol–water partition coefficient (Wildman–Crippen LogP) is 4.32. The third-order valence-electron chi connectivity index (χ3n) is 3.59. The molecule has 0 aliphatic heterocycles. The first-order chi connectivity index (χ1) is 13.7. The summed E-state index contributed by atoms with van der Waals surface area (Å²) in [6.07, 6.45) is 3.33. The number of aromatic nitrogens is 6. The Kier molecular flexibility index (Phi) is 5.36. The Bertz CT molecular complexity index is 1100. The van der Waals surface area contributed by atoms with Crippen molar-refractivity contribution in [1.82, 2.24) is 29.9 Å². The first-order valence-corrected chi connectivity index (χ1v) is 9.75. The Balaban J connectivity index is 1.52. The summed E-state index contributed by atoms with van der Waals surface area (Å²) >= 11 is 7.23. The molecule has 0 saturated carbocycles. The molecule has 0 fully saturated rings. The van der Waals surface area contributed by atoms with Crippen molar-refractivity contribution < 1.29 is 0 Å². The number of hydrogen-bond donors (Lipinski definition) is 2. The lowest BCUT2D eigenvalue weighted by molar-refractivity contribution is 1.10. The van der Waals surface area contributed by atoms with Crippen molar-refractivity contribution in [3.63, 3.8) is 0 Å². The average Bonchev–Trinajstić information content (AvgIpc) is 3.16. The summed E-state index contributed by atoms with van der Waals surface area (Å²) in [5, 5.41) is 8.81. The van der Waals surface area contributed by atoms with Gasteiger partial charge in [0, 0.05) is 23.5 Å². The van der Waals surface area contributed by atoms with Gasteiger partial charge in [0.05, 0.1) is 11.6 Å². The molecule has 0 aromatic carbocycles. The molecule has 10 heteroatoms. The monoisotopic (exact) mass is 410 g/mol. The van der Waals surface area contributed by atoms with Gasteiger partial charge in [-0.25, -0.2) is 24.9 Å². The smallest absolute Gasteiger partial charge is 0.230 e. The molecule has 4 aromatic rings. The zero-order chi connectivity index (χ0) is 19.3. The van der Waals surface area contributed by atoms with Crippen molar-refractivity contribution in [2.45, 2.75) is 12.8 Å². The molecule has 0 aliphatic rings. The molecule has 0 aliphatic carbocycles. The van der Waals surface area contributed by atoms with Crippen LogP contribution in [0.3, 0.4) is 0 Å². The van der Waals surface area contributed by atoms with Crippen LogP contribution in [0.1, 0.15) is 11.4 Å². The van der Waals surface area contributed by atoms with E-state index in [9.17, 15) is 0 Å². The number of nitrogens with one attached hydrogen (secondary N) is 2. The van der Waals surface area contributed by atoms with Gasteiger partial charge < -0.3 is 5.32 Å². The summed E-state index contributed by atoms with van der Waals surface area (Å²) in [5.41, 5.74) is 2.43. The summed E-state index contributed by atoms with van der Waals surface area (Å²) in [6.45, 7) is 1.93. The Hall–Kier alpha value is -3.17.